The summed E-state index contributed by atoms with van der Waals surface area (Å²) in [4.78, 5) is 6.29. The second-order valence-corrected chi connectivity index (χ2v) is 5.24. The average molecular weight is 266 g/mol. The SMILES string of the molecule is C[C@@H](O)c1ccc(Sc2cccc(Cl)c2)cn1. The molecule has 2 rings (SSSR count). The molecule has 0 amide bonds. The molecule has 17 heavy (non-hydrogen) atoms. The zero-order chi connectivity index (χ0) is 12.3. The fourth-order valence-electron chi connectivity index (χ4n) is 1.37. The maximum absolute atomic E-state index is 9.35. The molecule has 4 heteroatoms. The number of rotatable bonds is 3. The predicted octanol–water partition coefficient (Wildman–Crippen LogP) is 3.94. The molecular weight excluding hydrogens is 254 g/mol. The van der Waals surface area contributed by atoms with Gasteiger partial charge in [-0.1, -0.05) is 29.4 Å². The Morgan fingerprint density at radius 1 is 1.24 bits per heavy atom. The van der Waals surface area contributed by atoms with Gasteiger partial charge in [-0.15, -0.1) is 0 Å². The summed E-state index contributed by atoms with van der Waals surface area (Å²) >= 11 is 7.51. The summed E-state index contributed by atoms with van der Waals surface area (Å²) in [5.41, 5.74) is 0.681. The van der Waals surface area contributed by atoms with Crippen molar-refractivity contribution in [3.05, 3.63) is 53.3 Å². The van der Waals surface area contributed by atoms with Gasteiger partial charge in [-0.2, -0.15) is 0 Å². The number of nitrogens with zero attached hydrogens (tertiary/aromatic N) is 1. The Balaban J connectivity index is 2.14. The fraction of sp³-hybridized carbons (Fsp3) is 0.154. The van der Waals surface area contributed by atoms with Crippen LogP contribution in [-0.4, -0.2) is 10.1 Å². The van der Waals surface area contributed by atoms with Crippen molar-refractivity contribution < 1.29 is 5.11 Å². The van der Waals surface area contributed by atoms with Crippen LogP contribution in [0.1, 0.15) is 18.7 Å². The number of benzene rings is 1. The standard InChI is InChI=1S/C13H12ClNOS/c1-9(16)13-6-5-12(8-15-13)17-11-4-2-3-10(14)7-11/h2-9,16H,1H3/t9-/m1/s1. The molecule has 0 unspecified atom stereocenters. The first-order valence-electron chi connectivity index (χ1n) is 5.22. The summed E-state index contributed by atoms with van der Waals surface area (Å²) in [5, 5.41) is 10.1. The van der Waals surface area contributed by atoms with Crippen molar-refractivity contribution in [2.75, 3.05) is 0 Å². The minimum atomic E-state index is -0.528. The van der Waals surface area contributed by atoms with E-state index < -0.39 is 6.10 Å². The smallest absolute Gasteiger partial charge is 0.0931 e. The van der Waals surface area contributed by atoms with E-state index in [0.717, 1.165) is 14.8 Å². The fourth-order valence-corrected chi connectivity index (χ4v) is 2.47. The van der Waals surface area contributed by atoms with Crippen molar-refractivity contribution in [1.29, 1.82) is 0 Å². The third-order valence-electron chi connectivity index (χ3n) is 2.22. The Labute approximate surface area is 110 Å². The van der Waals surface area contributed by atoms with Gasteiger partial charge in [0.05, 0.1) is 11.8 Å². The van der Waals surface area contributed by atoms with Crippen LogP contribution in [0.25, 0.3) is 0 Å². The van der Waals surface area contributed by atoms with Crippen LogP contribution >= 0.6 is 23.4 Å². The molecule has 0 fully saturated rings. The first-order chi connectivity index (χ1) is 8.15. The van der Waals surface area contributed by atoms with Crippen LogP contribution in [0.4, 0.5) is 0 Å². The normalized spacial score (nSPS) is 12.4. The molecule has 0 aliphatic carbocycles. The number of hydrogen-bond donors (Lipinski definition) is 1. The number of pyridine rings is 1. The van der Waals surface area contributed by atoms with Crippen LogP contribution in [0.15, 0.2) is 52.4 Å². The van der Waals surface area contributed by atoms with E-state index in [-0.39, 0.29) is 0 Å². The molecule has 1 N–H and O–H groups in total. The second kappa shape index (κ2) is 5.54. The third kappa shape index (κ3) is 3.46. The van der Waals surface area contributed by atoms with Gasteiger partial charge >= 0.3 is 0 Å². The number of aliphatic hydroxyl groups is 1. The zero-order valence-corrected chi connectivity index (χ0v) is 10.9. The van der Waals surface area contributed by atoms with E-state index in [0.29, 0.717) is 5.69 Å². The molecule has 0 radical (unpaired) electrons. The van der Waals surface area contributed by atoms with Gasteiger partial charge in [0.15, 0.2) is 0 Å². The molecule has 2 nitrogen and oxygen atoms in total. The summed E-state index contributed by atoms with van der Waals surface area (Å²) in [5.74, 6) is 0. The second-order valence-electron chi connectivity index (χ2n) is 3.65. The molecule has 1 heterocycles. The number of halogens is 1. The molecular formula is C13H12ClNOS. The molecule has 0 saturated carbocycles. The van der Waals surface area contributed by atoms with Crippen molar-refractivity contribution in [2.45, 2.75) is 22.8 Å². The summed E-state index contributed by atoms with van der Waals surface area (Å²) in [6, 6.07) is 11.5. The largest absolute Gasteiger partial charge is 0.387 e. The van der Waals surface area contributed by atoms with Crippen LogP contribution in [0.5, 0.6) is 0 Å². The topological polar surface area (TPSA) is 33.1 Å². The van der Waals surface area contributed by atoms with Crippen LogP contribution in [0.2, 0.25) is 5.02 Å². The van der Waals surface area contributed by atoms with Crippen LogP contribution in [0.3, 0.4) is 0 Å². The molecule has 0 aliphatic heterocycles. The van der Waals surface area contributed by atoms with Crippen molar-refractivity contribution in [1.82, 2.24) is 4.98 Å². The molecule has 0 aliphatic rings. The van der Waals surface area contributed by atoms with E-state index in [4.69, 9.17) is 11.6 Å². The predicted molar refractivity (Wildman–Crippen MR) is 70.4 cm³/mol. The van der Waals surface area contributed by atoms with E-state index in [2.05, 4.69) is 4.98 Å². The monoisotopic (exact) mass is 265 g/mol. The van der Waals surface area contributed by atoms with Gasteiger partial charge < -0.3 is 5.11 Å². The summed E-state index contributed by atoms with van der Waals surface area (Å²) in [6.45, 7) is 1.70. The van der Waals surface area contributed by atoms with Gasteiger partial charge in [0, 0.05) is 21.0 Å². The van der Waals surface area contributed by atoms with Gasteiger partial charge in [0.2, 0.25) is 0 Å². The Kier molecular flexibility index (Phi) is 4.05. The van der Waals surface area contributed by atoms with E-state index in [9.17, 15) is 5.11 Å². The third-order valence-corrected chi connectivity index (χ3v) is 3.42. The highest BCUT2D eigenvalue weighted by atomic mass is 35.5. The molecule has 2 aromatic rings. The van der Waals surface area contributed by atoms with E-state index >= 15 is 0 Å². The maximum Gasteiger partial charge on any atom is 0.0931 e. The maximum atomic E-state index is 9.35. The Morgan fingerprint density at radius 2 is 2.06 bits per heavy atom. The Bertz CT molecular complexity index is 499. The zero-order valence-electron chi connectivity index (χ0n) is 9.30. The van der Waals surface area contributed by atoms with Crippen LogP contribution in [-0.2, 0) is 0 Å². The summed E-state index contributed by atoms with van der Waals surface area (Å²) in [6.07, 6.45) is 1.23. The lowest BCUT2D eigenvalue weighted by atomic mass is 10.2. The molecule has 0 spiro atoms. The van der Waals surface area contributed by atoms with Crippen LogP contribution < -0.4 is 0 Å². The lowest BCUT2D eigenvalue weighted by molar-refractivity contribution is 0.194. The number of aliphatic hydroxyl groups excluding tert-OH is 1. The van der Waals surface area contributed by atoms with Gasteiger partial charge in [-0.25, -0.2) is 0 Å². The Morgan fingerprint density at radius 3 is 2.65 bits per heavy atom. The highest BCUT2D eigenvalue weighted by molar-refractivity contribution is 7.99. The van der Waals surface area contributed by atoms with E-state index in [1.807, 2.05) is 36.4 Å². The molecule has 1 aromatic carbocycles. The quantitative estimate of drug-likeness (QED) is 0.913. The van der Waals surface area contributed by atoms with Crippen LogP contribution in [0, 0.1) is 0 Å². The molecule has 1 atom stereocenters. The Hall–Kier alpha value is -1.03. The lowest BCUT2D eigenvalue weighted by Crippen LogP contribution is -1.94. The minimum Gasteiger partial charge on any atom is -0.387 e. The first-order valence-corrected chi connectivity index (χ1v) is 6.42. The van der Waals surface area contributed by atoms with Crippen molar-refractivity contribution in [3.8, 4) is 0 Å². The van der Waals surface area contributed by atoms with Gasteiger partial charge in [0.1, 0.15) is 0 Å². The summed E-state index contributed by atoms with van der Waals surface area (Å²) < 4.78 is 0. The number of aromatic nitrogens is 1. The highest BCUT2D eigenvalue weighted by Crippen LogP contribution is 2.29. The minimum absolute atomic E-state index is 0.528. The van der Waals surface area contributed by atoms with Gasteiger partial charge in [-0.3, -0.25) is 4.98 Å². The van der Waals surface area contributed by atoms with E-state index in [1.165, 1.54) is 0 Å². The van der Waals surface area contributed by atoms with Crippen molar-refractivity contribution in [3.63, 3.8) is 0 Å². The summed E-state index contributed by atoms with van der Waals surface area (Å²) in [7, 11) is 0. The van der Waals surface area contributed by atoms with Crippen molar-refractivity contribution >= 4 is 23.4 Å². The van der Waals surface area contributed by atoms with Gasteiger partial charge in [-0.05, 0) is 37.3 Å². The van der Waals surface area contributed by atoms with Gasteiger partial charge in [0.25, 0.3) is 0 Å². The molecule has 88 valence electrons. The van der Waals surface area contributed by atoms with E-state index in [1.54, 1.807) is 24.9 Å². The molecule has 0 bridgehead atoms. The molecule has 0 saturated heterocycles. The highest BCUT2D eigenvalue weighted by Gasteiger charge is 2.03. The first kappa shape index (κ1) is 12.4. The molecule has 1 aromatic heterocycles. The lowest BCUT2D eigenvalue weighted by Gasteiger charge is -2.05. The number of hydrogen-bond acceptors (Lipinski definition) is 3. The average Bonchev–Trinajstić information content (AvgIpc) is 2.29. The van der Waals surface area contributed by atoms with Crippen molar-refractivity contribution in [2.24, 2.45) is 0 Å².